The van der Waals surface area contributed by atoms with Crippen LogP contribution in [-0.2, 0) is 0 Å². The van der Waals surface area contributed by atoms with Gasteiger partial charge in [-0.05, 0) is 24.3 Å². The summed E-state index contributed by atoms with van der Waals surface area (Å²) in [6.07, 6.45) is 0. The van der Waals surface area contributed by atoms with E-state index in [9.17, 15) is 13.6 Å². The van der Waals surface area contributed by atoms with Gasteiger partial charge in [0.1, 0.15) is 17.5 Å². The van der Waals surface area contributed by atoms with E-state index in [0.717, 1.165) is 12.1 Å². The molecule has 0 radical (unpaired) electrons. The van der Waals surface area contributed by atoms with E-state index >= 15 is 0 Å². The summed E-state index contributed by atoms with van der Waals surface area (Å²) in [4.78, 5) is 18.3. The van der Waals surface area contributed by atoms with Crippen molar-refractivity contribution in [2.75, 3.05) is 0 Å². The molecular weight excluding hydrogens is 250 g/mol. The molecule has 0 fully saturated rings. The molecule has 94 valence electrons. The van der Waals surface area contributed by atoms with Crippen molar-refractivity contribution in [3.8, 4) is 11.4 Å². The Kier molecular flexibility index (Phi) is 2.59. The van der Waals surface area contributed by atoms with Crippen molar-refractivity contribution < 1.29 is 8.78 Å². The number of nitrogens with zero attached hydrogens (tertiary/aromatic N) is 1. The minimum absolute atomic E-state index is 0.112. The van der Waals surface area contributed by atoms with Gasteiger partial charge < -0.3 is 4.98 Å². The lowest BCUT2D eigenvalue weighted by Crippen LogP contribution is -2.10. The normalized spacial score (nSPS) is 10.8. The van der Waals surface area contributed by atoms with E-state index in [1.807, 2.05) is 0 Å². The molecule has 1 aromatic heterocycles. The Balaban J connectivity index is 2.35. The molecular formula is C14H8F2N2O. The molecule has 3 rings (SSSR count). The standard InChI is InChI=1S/C14H8F2N2O/c15-9-5-3-6-10(16)12(9)13-17-11-7-2-1-4-8(11)14(19)18-13/h1-7H,(H,17,18,19). The number of H-pyrrole nitrogens is 1. The lowest BCUT2D eigenvalue weighted by Gasteiger charge is -2.05. The third-order valence-corrected chi connectivity index (χ3v) is 2.81. The molecule has 0 atom stereocenters. The maximum atomic E-state index is 13.7. The number of halogens is 2. The van der Waals surface area contributed by atoms with Gasteiger partial charge in [-0.2, -0.15) is 0 Å². The topological polar surface area (TPSA) is 45.8 Å². The van der Waals surface area contributed by atoms with Gasteiger partial charge in [0.2, 0.25) is 0 Å². The van der Waals surface area contributed by atoms with Gasteiger partial charge in [0.15, 0.2) is 0 Å². The Morgan fingerprint density at radius 2 is 1.63 bits per heavy atom. The highest BCUT2D eigenvalue weighted by atomic mass is 19.1. The van der Waals surface area contributed by atoms with Gasteiger partial charge in [0.25, 0.3) is 5.56 Å². The molecule has 0 bridgehead atoms. The average Bonchev–Trinajstić information content (AvgIpc) is 2.38. The second-order valence-corrected chi connectivity index (χ2v) is 4.03. The lowest BCUT2D eigenvalue weighted by molar-refractivity contribution is 0.587. The van der Waals surface area contributed by atoms with Crippen molar-refractivity contribution in [2.24, 2.45) is 0 Å². The first-order chi connectivity index (χ1) is 9.16. The number of benzene rings is 2. The minimum atomic E-state index is -0.765. The molecule has 3 aromatic rings. The van der Waals surface area contributed by atoms with Crippen LogP contribution in [0.15, 0.2) is 47.3 Å². The van der Waals surface area contributed by atoms with E-state index < -0.39 is 17.2 Å². The van der Waals surface area contributed by atoms with Gasteiger partial charge in [-0.1, -0.05) is 18.2 Å². The van der Waals surface area contributed by atoms with E-state index in [0.29, 0.717) is 10.9 Å². The van der Waals surface area contributed by atoms with Gasteiger partial charge in [-0.3, -0.25) is 4.79 Å². The van der Waals surface area contributed by atoms with Crippen LogP contribution in [0.5, 0.6) is 0 Å². The third-order valence-electron chi connectivity index (χ3n) is 2.81. The van der Waals surface area contributed by atoms with Gasteiger partial charge in [-0.25, -0.2) is 13.8 Å². The number of para-hydroxylation sites is 1. The van der Waals surface area contributed by atoms with Crippen LogP contribution in [0.1, 0.15) is 0 Å². The van der Waals surface area contributed by atoms with E-state index in [4.69, 9.17) is 0 Å². The summed E-state index contributed by atoms with van der Waals surface area (Å²) < 4.78 is 27.3. The number of hydrogen-bond acceptors (Lipinski definition) is 2. The van der Waals surface area contributed by atoms with Crippen LogP contribution in [0.3, 0.4) is 0 Å². The molecule has 0 spiro atoms. The van der Waals surface area contributed by atoms with Crippen molar-refractivity contribution in [3.05, 3.63) is 64.5 Å². The first-order valence-corrected chi connectivity index (χ1v) is 5.60. The molecule has 0 saturated heterocycles. The number of rotatable bonds is 1. The van der Waals surface area contributed by atoms with Crippen molar-refractivity contribution in [3.63, 3.8) is 0 Å². The molecule has 1 N–H and O–H groups in total. The fraction of sp³-hybridized carbons (Fsp3) is 0. The summed E-state index contributed by atoms with van der Waals surface area (Å²) >= 11 is 0. The molecule has 0 unspecified atom stereocenters. The van der Waals surface area contributed by atoms with Crippen LogP contribution in [0.4, 0.5) is 8.78 Å². The molecule has 2 aromatic carbocycles. The Labute approximate surface area is 106 Å². The van der Waals surface area contributed by atoms with Crippen molar-refractivity contribution in [1.29, 1.82) is 0 Å². The number of aromatic amines is 1. The molecule has 3 nitrogen and oxygen atoms in total. The molecule has 0 aliphatic carbocycles. The number of hydrogen-bond donors (Lipinski definition) is 1. The number of fused-ring (bicyclic) bond motifs is 1. The second kappa shape index (κ2) is 4.28. The Morgan fingerprint density at radius 1 is 0.947 bits per heavy atom. The van der Waals surface area contributed by atoms with Gasteiger partial charge >= 0.3 is 0 Å². The predicted octanol–water partition coefficient (Wildman–Crippen LogP) is 2.87. The molecule has 0 aliphatic heterocycles. The molecule has 19 heavy (non-hydrogen) atoms. The highest BCUT2D eigenvalue weighted by Crippen LogP contribution is 2.22. The fourth-order valence-electron chi connectivity index (χ4n) is 1.93. The van der Waals surface area contributed by atoms with Crippen LogP contribution in [-0.4, -0.2) is 9.97 Å². The summed E-state index contributed by atoms with van der Waals surface area (Å²) in [5.41, 5.74) is -0.363. The van der Waals surface area contributed by atoms with Crippen LogP contribution >= 0.6 is 0 Å². The van der Waals surface area contributed by atoms with Crippen molar-refractivity contribution in [2.45, 2.75) is 0 Å². The molecule has 1 heterocycles. The Bertz CT molecular complexity index is 807. The summed E-state index contributed by atoms with van der Waals surface area (Å²) in [6, 6.07) is 10.1. The SMILES string of the molecule is O=c1[nH]c(-c2c(F)cccc2F)nc2ccccc12. The Hall–Kier alpha value is -2.56. The lowest BCUT2D eigenvalue weighted by atomic mass is 10.1. The van der Waals surface area contributed by atoms with E-state index in [1.54, 1.807) is 24.3 Å². The highest BCUT2D eigenvalue weighted by Gasteiger charge is 2.14. The van der Waals surface area contributed by atoms with Crippen LogP contribution in [0.2, 0.25) is 0 Å². The summed E-state index contributed by atoms with van der Waals surface area (Å²) in [7, 11) is 0. The van der Waals surface area contributed by atoms with Crippen molar-refractivity contribution in [1.82, 2.24) is 9.97 Å². The third kappa shape index (κ3) is 1.89. The molecule has 0 aliphatic rings. The maximum absolute atomic E-state index is 13.7. The fourth-order valence-corrected chi connectivity index (χ4v) is 1.93. The smallest absolute Gasteiger partial charge is 0.259 e. The van der Waals surface area contributed by atoms with Crippen LogP contribution in [0.25, 0.3) is 22.3 Å². The minimum Gasteiger partial charge on any atom is -0.306 e. The van der Waals surface area contributed by atoms with Crippen LogP contribution < -0.4 is 5.56 Å². The average molecular weight is 258 g/mol. The number of nitrogens with one attached hydrogen (secondary N) is 1. The second-order valence-electron chi connectivity index (χ2n) is 4.03. The largest absolute Gasteiger partial charge is 0.306 e. The summed E-state index contributed by atoms with van der Waals surface area (Å²) in [5, 5.41) is 0.378. The monoisotopic (exact) mass is 258 g/mol. The van der Waals surface area contributed by atoms with Crippen molar-refractivity contribution >= 4 is 10.9 Å². The maximum Gasteiger partial charge on any atom is 0.259 e. The zero-order valence-corrected chi connectivity index (χ0v) is 9.65. The predicted molar refractivity (Wildman–Crippen MR) is 67.7 cm³/mol. The molecule has 0 saturated carbocycles. The quantitative estimate of drug-likeness (QED) is 0.729. The van der Waals surface area contributed by atoms with E-state index in [2.05, 4.69) is 9.97 Å². The van der Waals surface area contributed by atoms with Gasteiger partial charge in [0, 0.05) is 0 Å². The van der Waals surface area contributed by atoms with Gasteiger partial charge in [-0.15, -0.1) is 0 Å². The first-order valence-electron chi connectivity index (χ1n) is 5.60. The zero-order chi connectivity index (χ0) is 13.4. The highest BCUT2D eigenvalue weighted by molar-refractivity contribution is 5.79. The van der Waals surface area contributed by atoms with Crippen LogP contribution in [0, 0.1) is 11.6 Å². The summed E-state index contributed by atoms with van der Waals surface area (Å²) in [5.74, 6) is -1.64. The van der Waals surface area contributed by atoms with Gasteiger partial charge in [0.05, 0.1) is 16.5 Å². The molecule has 0 amide bonds. The Morgan fingerprint density at radius 3 is 2.37 bits per heavy atom. The number of aromatic nitrogens is 2. The van der Waals surface area contributed by atoms with E-state index in [-0.39, 0.29) is 11.4 Å². The molecule has 5 heteroatoms. The zero-order valence-electron chi connectivity index (χ0n) is 9.65. The first kappa shape index (κ1) is 11.5. The van der Waals surface area contributed by atoms with E-state index in [1.165, 1.54) is 6.07 Å². The summed E-state index contributed by atoms with van der Waals surface area (Å²) in [6.45, 7) is 0.